The highest BCUT2D eigenvalue weighted by atomic mass is 19.4. The van der Waals surface area contributed by atoms with E-state index in [1.165, 1.54) is 0 Å². The second kappa shape index (κ2) is 3.15. The molecule has 0 aliphatic rings. The van der Waals surface area contributed by atoms with Crippen molar-refractivity contribution in [1.29, 1.82) is 0 Å². The summed E-state index contributed by atoms with van der Waals surface area (Å²) in [5, 5.41) is 19.4. The topological polar surface area (TPSA) is 84.7 Å². The summed E-state index contributed by atoms with van der Waals surface area (Å²) >= 11 is 0. The molecule has 0 bridgehead atoms. The summed E-state index contributed by atoms with van der Waals surface area (Å²) in [4.78, 5) is 9.62. The van der Waals surface area contributed by atoms with E-state index >= 15 is 0 Å². The molecule has 1 heterocycles. The number of H-pyrrole nitrogens is 1. The first-order chi connectivity index (χ1) is 7.39. The zero-order valence-corrected chi connectivity index (χ0v) is 7.45. The Balaban J connectivity index is 2.76. The van der Waals surface area contributed by atoms with Gasteiger partial charge in [0.05, 0.1) is 10.5 Å². The number of halogens is 3. The van der Waals surface area contributed by atoms with Gasteiger partial charge in [0.25, 0.3) is 5.69 Å². The Morgan fingerprint density at radius 3 is 2.56 bits per heavy atom. The highest BCUT2D eigenvalue weighted by Crippen LogP contribution is 2.34. The highest BCUT2D eigenvalue weighted by molar-refractivity contribution is 5.84. The molecule has 84 valence electrons. The summed E-state index contributed by atoms with van der Waals surface area (Å²) in [6.07, 6.45) is -4.65. The van der Waals surface area contributed by atoms with Gasteiger partial charge in [-0.2, -0.15) is 23.5 Å². The first kappa shape index (κ1) is 10.3. The number of rotatable bonds is 1. The summed E-state index contributed by atoms with van der Waals surface area (Å²) in [6, 6.07) is 1.14. The number of non-ortho nitro benzene ring substituents is 1. The van der Waals surface area contributed by atoms with Gasteiger partial charge in [0.15, 0.2) is 5.52 Å². The van der Waals surface area contributed by atoms with Gasteiger partial charge in [-0.05, 0) is 6.07 Å². The standard InChI is InChI=1S/C7H3F3N4O2/c8-7(9,10)3-1-4-6(12-13-11-4)5(2-3)14(15)16/h1-2H,(H,11,12,13)/i13+1. The molecule has 0 unspecified atom stereocenters. The number of hydrogen-bond acceptors (Lipinski definition) is 4. The van der Waals surface area contributed by atoms with Crippen LogP contribution in [0.3, 0.4) is 0 Å². The number of benzene rings is 1. The van der Waals surface area contributed by atoms with E-state index in [0.29, 0.717) is 12.1 Å². The molecule has 1 aromatic heterocycles. The van der Waals surface area contributed by atoms with Gasteiger partial charge in [0, 0.05) is 6.07 Å². The normalized spacial score (nSPS) is 11.9. The van der Waals surface area contributed by atoms with Crippen LogP contribution in [0.15, 0.2) is 12.1 Å². The Bertz CT molecular complexity index is 562. The maximum Gasteiger partial charge on any atom is 0.416 e. The molecule has 0 atom stereocenters. The van der Waals surface area contributed by atoms with Gasteiger partial charge in [-0.25, -0.2) is 0 Å². The van der Waals surface area contributed by atoms with Crippen molar-refractivity contribution in [1.82, 2.24) is 15.4 Å². The Kier molecular flexibility index (Phi) is 2.04. The van der Waals surface area contributed by atoms with Gasteiger partial charge >= 0.3 is 6.18 Å². The summed E-state index contributed by atoms with van der Waals surface area (Å²) < 4.78 is 37.2. The molecular weight excluding hydrogens is 230 g/mol. The molecule has 2 rings (SSSR count). The number of hydrogen-bond donors (Lipinski definition) is 1. The maximum absolute atomic E-state index is 12.4. The lowest BCUT2D eigenvalue weighted by molar-refractivity contribution is -0.383. The number of nitrogens with one attached hydrogen (secondary N) is 1. The fourth-order valence-electron chi connectivity index (χ4n) is 1.24. The van der Waals surface area contributed by atoms with Gasteiger partial charge < -0.3 is 0 Å². The van der Waals surface area contributed by atoms with E-state index in [1.807, 2.05) is 5.21 Å². The molecule has 9 heteroatoms. The molecule has 0 amide bonds. The van der Waals surface area contributed by atoms with Crippen LogP contribution in [-0.4, -0.2) is 20.3 Å². The molecule has 0 saturated heterocycles. The SMILES string of the molecule is O=[N+]([O-])c1cc(C(F)(F)F)cc2n[15nH]nc12. The largest absolute Gasteiger partial charge is 0.416 e. The lowest BCUT2D eigenvalue weighted by atomic mass is 10.1. The van der Waals surface area contributed by atoms with E-state index in [0.717, 1.165) is 0 Å². The first-order valence-electron chi connectivity index (χ1n) is 3.95. The zero-order valence-electron chi connectivity index (χ0n) is 7.45. The molecule has 0 fully saturated rings. The van der Waals surface area contributed by atoms with Crippen molar-refractivity contribution in [3.63, 3.8) is 0 Å². The minimum Gasteiger partial charge on any atom is -0.258 e. The van der Waals surface area contributed by atoms with Crippen molar-refractivity contribution < 1.29 is 18.1 Å². The minimum atomic E-state index is -4.65. The number of fused-ring (bicyclic) bond motifs is 1. The van der Waals surface area contributed by atoms with E-state index in [4.69, 9.17) is 0 Å². The van der Waals surface area contributed by atoms with Crippen molar-refractivity contribution in [3.05, 3.63) is 27.8 Å². The predicted molar refractivity (Wildman–Crippen MR) is 45.5 cm³/mol. The van der Waals surface area contributed by atoms with Gasteiger partial charge in [0.1, 0.15) is 5.52 Å². The van der Waals surface area contributed by atoms with Crippen LogP contribution in [0.5, 0.6) is 0 Å². The van der Waals surface area contributed by atoms with Gasteiger partial charge in [-0.15, -0.1) is 5.10 Å². The van der Waals surface area contributed by atoms with Crippen molar-refractivity contribution in [2.75, 3.05) is 0 Å². The molecule has 0 aliphatic heterocycles. The van der Waals surface area contributed by atoms with Crippen molar-refractivity contribution in [3.8, 4) is 0 Å². The molecular formula is C7H3F3N4O2. The van der Waals surface area contributed by atoms with E-state index in [2.05, 4.69) is 10.2 Å². The molecule has 6 nitrogen and oxygen atoms in total. The van der Waals surface area contributed by atoms with Crippen LogP contribution in [0, 0.1) is 10.1 Å². The van der Waals surface area contributed by atoms with E-state index < -0.39 is 22.4 Å². The van der Waals surface area contributed by atoms with Crippen LogP contribution in [-0.2, 0) is 6.18 Å². The van der Waals surface area contributed by atoms with Crippen LogP contribution in [0.25, 0.3) is 11.0 Å². The average Bonchev–Trinajstić information content (AvgIpc) is 2.61. The van der Waals surface area contributed by atoms with Crippen LogP contribution >= 0.6 is 0 Å². The van der Waals surface area contributed by atoms with Crippen LogP contribution in [0.4, 0.5) is 18.9 Å². The highest BCUT2D eigenvalue weighted by Gasteiger charge is 2.34. The summed E-state index contributed by atoms with van der Waals surface area (Å²) in [6.45, 7) is 0. The molecule has 0 radical (unpaired) electrons. The number of aromatic amines is 1. The molecule has 0 aliphatic carbocycles. The Morgan fingerprint density at radius 2 is 2.00 bits per heavy atom. The summed E-state index contributed by atoms with van der Waals surface area (Å²) in [7, 11) is 0. The molecule has 0 saturated carbocycles. The van der Waals surface area contributed by atoms with E-state index in [-0.39, 0.29) is 11.0 Å². The predicted octanol–water partition coefficient (Wildman–Crippen LogP) is 1.88. The average molecular weight is 233 g/mol. The van der Waals surface area contributed by atoms with Gasteiger partial charge in [0.2, 0.25) is 0 Å². The number of alkyl halides is 3. The van der Waals surface area contributed by atoms with Crippen molar-refractivity contribution in [2.24, 2.45) is 0 Å². The van der Waals surface area contributed by atoms with E-state index in [1.54, 1.807) is 0 Å². The third-order valence-corrected chi connectivity index (χ3v) is 1.93. The molecule has 1 aromatic carbocycles. The summed E-state index contributed by atoms with van der Waals surface area (Å²) in [5.74, 6) is 0. The van der Waals surface area contributed by atoms with E-state index in [9.17, 15) is 23.3 Å². The molecule has 0 spiro atoms. The number of aromatic nitrogens is 3. The van der Waals surface area contributed by atoms with Crippen LogP contribution in [0.1, 0.15) is 5.56 Å². The molecule has 16 heavy (non-hydrogen) atoms. The lowest BCUT2D eigenvalue weighted by Gasteiger charge is -2.05. The quantitative estimate of drug-likeness (QED) is 0.601. The van der Waals surface area contributed by atoms with Gasteiger partial charge in [-0.1, -0.05) is 0 Å². The summed E-state index contributed by atoms with van der Waals surface area (Å²) in [5.41, 5.74) is -2.24. The second-order valence-electron chi connectivity index (χ2n) is 2.94. The molecule has 1 N–H and O–H groups in total. The number of nitrogens with zero attached hydrogens (tertiary/aromatic N) is 3. The third kappa shape index (κ3) is 1.55. The lowest BCUT2D eigenvalue weighted by Crippen LogP contribution is -2.05. The number of nitro groups is 1. The zero-order chi connectivity index (χ0) is 11.9. The Hall–Kier alpha value is -2.19. The number of nitro benzene ring substituents is 1. The third-order valence-electron chi connectivity index (χ3n) is 1.93. The second-order valence-corrected chi connectivity index (χ2v) is 2.94. The maximum atomic E-state index is 12.4. The van der Waals surface area contributed by atoms with Gasteiger partial charge in [-0.3, -0.25) is 10.1 Å². The van der Waals surface area contributed by atoms with Crippen molar-refractivity contribution >= 4 is 16.7 Å². The van der Waals surface area contributed by atoms with Crippen LogP contribution in [0.2, 0.25) is 0 Å². The Morgan fingerprint density at radius 1 is 1.31 bits per heavy atom. The van der Waals surface area contributed by atoms with Crippen molar-refractivity contribution in [2.45, 2.75) is 6.18 Å². The smallest absolute Gasteiger partial charge is 0.258 e. The Labute approximate surface area is 85.2 Å². The van der Waals surface area contributed by atoms with Crippen LogP contribution < -0.4 is 0 Å². The monoisotopic (exact) mass is 233 g/mol. The fraction of sp³-hybridized carbons (Fsp3) is 0.143. The molecule has 2 aromatic rings. The first-order valence-corrected chi connectivity index (χ1v) is 3.95. The fourth-order valence-corrected chi connectivity index (χ4v) is 1.24. The minimum absolute atomic E-state index is 0.193.